The summed E-state index contributed by atoms with van der Waals surface area (Å²) >= 11 is 0. The van der Waals surface area contributed by atoms with Gasteiger partial charge in [-0.1, -0.05) is 49.7 Å². The Bertz CT molecular complexity index is 732. The van der Waals surface area contributed by atoms with E-state index < -0.39 is 4.92 Å². The average molecular weight is 341 g/mol. The number of nitrogens with one attached hydrogen (secondary N) is 1. The zero-order valence-corrected chi connectivity index (χ0v) is 14.6. The van der Waals surface area contributed by atoms with Crippen molar-refractivity contribution in [3.8, 4) is 0 Å². The van der Waals surface area contributed by atoms with Gasteiger partial charge in [0.15, 0.2) is 0 Å². The lowest BCUT2D eigenvalue weighted by Gasteiger charge is -2.23. The third-order valence-corrected chi connectivity index (χ3v) is 3.88. The van der Waals surface area contributed by atoms with E-state index >= 15 is 0 Å². The maximum atomic E-state index is 12.7. The van der Waals surface area contributed by atoms with Gasteiger partial charge in [0.05, 0.1) is 4.92 Å². The van der Waals surface area contributed by atoms with Gasteiger partial charge in [0, 0.05) is 19.2 Å². The molecule has 2 rings (SSSR count). The third kappa shape index (κ3) is 5.31. The Labute approximate surface area is 147 Å². The number of carbonyl (C=O) groups excluding carboxylic acids is 1. The number of anilines is 1. The van der Waals surface area contributed by atoms with Crippen molar-refractivity contribution < 1.29 is 9.72 Å². The average Bonchev–Trinajstić information content (AvgIpc) is 2.60. The van der Waals surface area contributed by atoms with Crippen LogP contribution in [0.15, 0.2) is 48.5 Å². The van der Waals surface area contributed by atoms with Crippen LogP contribution in [0.1, 0.15) is 30.9 Å². The van der Waals surface area contributed by atoms with Gasteiger partial charge in [0.1, 0.15) is 5.69 Å². The van der Waals surface area contributed by atoms with Gasteiger partial charge in [-0.25, -0.2) is 4.79 Å². The number of unbranched alkanes of at least 4 members (excludes halogenated alkanes) is 1. The van der Waals surface area contributed by atoms with Crippen LogP contribution in [0.5, 0.6) is 0 Å². The highest BCUT2D eigenvalue weighted by molar-refractivity contribution is 5.91. The quantitative estimate of drug-likeness (QED) is 0.584. The number of aryl methyl sites for hydroxylation is 1. The first-order valence-corrected chi connectivity index (χ1v) is 8.36. The van der Waals surface area contributed by atoms with E-state index in [1.165, 1.54) is 6.07 Å². The number of nitro groups is 1. The standard InChI is InChI=1S/C19H23N3O3/c1-3-4-12-21(14-16-8-6-5-7-9-16)19(23)20-17-11-10-15(2)13-18(17)22(24)25/h5-11,13H,3-4,12,14H2,1-2H3,(H,20,23). The molecule has 0 saturated carbocycles. The zero-order valence-electron chi connectivity index (χ0n) is 14.6. The number of carbonyl (C=O) groups is 1. The summed E-state index contributed by atoms with van der Waals surface area (Å²) in [5.74, 6) is 0. The van der Waals surface area contributed by atoms with Gasteiger partial charge in [-0.05, 0) is 30.5 Å². The largest absolute Gasteiger partial charge is 0.322 e. The van der Waals surface area contributed by atoms with Crippen LogP contribution in [-0.4, -0.2) is 22.4 Å². The van der Waals surface area contributed by atoms with E-state index in [0.717, 1.165) is 24.0 Å². The second-order valence-electron chi connectivity index (χ2n) is 5.97. The van der Waals surface area contributed by atoms with Crippen molar-refractivity contribution in [1.82, 2.24) is 4.90 Å². The van der Waals surface area contributed by atoms with Gasteiger partial charge in [-0.2, -0.15) is 0 Å². The Morgan fingerprint density at radius 1 is 1.20 bits per heavy atom. The SMILES string of the molecule is CCCCN(Cc1ccccc1)C(=O)Nc1ccc(C)cc1[N+](=O)[O-]. The zero-order chi connectivity index (χ0) is 18.2. The highest BCUT2D eigenvalue weighted by Gasteiger charge is 2.19. The summed E-state index contributed by atoms with van der Waals surface area (Å²) in [6.45, 7) is 4.90. The van der Waals surface area contributed by atoms with E-state index in [1.54, 1.807) is 24.0 Å². The fourth-order valence-corrected chi connectivity index (χ4v) is 2.50. The second-order valence-corrected chi connectivity index (χ2v) is 5.97. The molecular formula is C19H23N3O3. The van der Waals surface area contributed by atoms with Crippen LogP contribution in [0, 0.1) is 17.0 Å². The van der Waals surface area contributed by atoms with E-state index in [2.05, 4.69) is 12.2 Å². The van der Waals surface area contributed by atoms with Crippen molar-refractivity contribution in [2.24, 2.45) is 0 Å². The predicted molar refractivity (Wildman–Crippen MR) is 98.6 cm³/mol. The lowest BCUT2D eigenvalue weighted by atomic mass is 10.2. The van der Waals surface area contributed by atoms with Crippen LogP contribution in [0.2, 0.25) is 0 Å². The molecular weight excluding hydrogens is 318 g/mol. The first kappa shape index (κ1) is 18.4. The fourth-order valence-electron chi connectivity index (χ4n) is 2.50. The van der Waals surface area contributed by atoms with Crippen LogP contribution < -0.4 is 5.32 Å². The molecule has 0 unspecified atom stereocenters. The summed E-state index contributed by atoms with van der Waals surface area (Å²) in [6, 6.07) is 14.2. The maximum absolute atomic E-state index is 12.7. The van der Waals surface area contributed by atoms with Gasteiger partial charge in [-0.15, -0.1) is 0 Å². The first-order valence-electron chi connectivity index (χ1n) is 8.36. The molecule has 1 N–H and O–H groups in total. The normalized spacial score (nSPS) is 10.3. The molecule has 132 valence electrons. The molecule has 25 heavy (non-hydrogen) atoms. The molecule has 0 spiro atoms. The molecule has 0 radical (unpaired) electrons. The fraction of sp³-hybridized carbons (Fsp3) is 0.316. The van der Waals surface area contributed by atoms with E-state index in [-0.39, 0.29) is 17.4 Å². The van der Waals surface area contributed by atoms with E-state index in [1.807, 2.05) is 30.3 Å². The molecule has 0 aliphatic carbocycles. The number of rotatable bonds is 7. The Morgan fingerprint density at radius 2 is 1.92 bits per heavy atom. The summed E-state index contributed by atoms with van der Waals surface area (Å²) in [4.78, 5) is 25.1. The van der Waals surface area contributed by atoms with E-state index in [9.17, 15) is 14.9 Å². The number of nitro benzene ring substituents is 1. The number of benzene rings is 2. The molecule has 0 atom stereocenters. The molecule has 0 aliphatic rings. The molecule has 0 aromatic heterocycles. The number of nitrogens with zero attached hydrogens (tertiary/aromatic N) is 2. The van der Waals surface area contributed by atoms with Gasteiger partial charge in [0.2, 0.25) is 0 Å². The minimum absolute atomic E-state index is 0.0940. The van der Waals surface area contributed by atoms with Crippen LogP contribution in [0.3, 0.4) is 0 Å². The van der Waals surface area contributed by atoms with Crippen molar-refractivity contribution in [1.29, 1.82) is 0 Å². The number of amides is 2. The smallest absolute Gasteiger partial charge is 0.320 e. The molecule has 0 saturated heterocycles. The molecule has 0 fully saturated rings. The summed E-state index contributed by atoms with van der Waals surface area (Å²) < 4.78 is 0. The molecule has 6 heteroatoms. The van der Waals surface area contributed by atoms with Crippen molar-refractivity contribution in [2.75, 3.05) is 11.9 Å². The summed E-state index contributed by atoms with van der Waals surface area (Å²) in [5.41, 5.74) is 1.92. The number of urea groups is 1. The minimum atomic E-state index is -0.476. The maximum Gasteiger partial charge on any atom is 0.322 e. The van der Waals surface area contributed by atoms with E-state index in [0.29, 0.717) is 13.1 Å². The number of hydrogen-bond acceptors (Lipinski definition) is 3. The molecule has 2 amide bonds. The van der Waals surface area contributed by atoms with Crippen LogP contribution >= 0.6 is 0 Å². The Balaban J connectivity index is 2.18. The second kappa shape index (κ2) is 8.82. The van der Waals surface area contributed by atoms with E-state index in [4.69, 9.17) is 0 Å². The minimum Gasteiger partial charge on any atom is -0.320 e. The van der Waals surface area contributed by atoms with Gasteiger partial charge in [-0.3, -0.25) is 10.1 Å². The van der Waals surface area contributed by atoms with Crippen molar-refractivity contribution in [2.45, 2.75) is 33.2 Å². The highest BCUT2D eigenvalue weighted by Crippen LogP contribution is 2.25. The Hall–Kier alpha value is -2.89. The van der Waals surface area contributed by atoms with Crippen LogP contribution in [-0.2, 0) is 6.54 Å². The van der Waals surface area contributed by atoms with Gasteiger partial charge >= 0.3 is 6.03 Å². The Kier molecular flexibility index (Phi) is 6.51. The molecule has 0 heterocycles. The summed E-state index contributed by atoms with van der Waals surface area (Å²) in [7, 11) is 0. The van der Waals surface area contributed by atoms with Crippen LogP contribution in [0.25, 0.3) is 0 Å². The monoisotopic (exact) mass is 341 g/mol. The van der Waals surface area contributed by atoms with Crippen molar-refractivity contribution in [3.63, 3.8) is 0 Å². The molecule has 0 bridgehead atoms. The van der Waals surface area contributed by atoms with Gasteiger partial charge in [0.25, 0.3) is 5.69 Å². The summed E-state index contributed by atoms with van der Waals surface area (Å²) in [5, 5.41) is 13.9. The Morgan fingerprint density at radius 3 is 2.56 bits per heavy atom. The number of hydrogen-bond donors (Lipinski definition) is 1. The molecule has 2 aromatic rings. The summed E-state index contributed by atoms with van der Waals surface area (Å²) in [6.07, 6.45) is 1.83. The van der Waals surface area contributed by atoms with Gasteiger partial charge < -0.3 is 10.2 Å². The lowest BCUT2D eigenvalue weighted by molar-refractivity contribution is -0.384. The van der Waals surface area contributed by atoms with Crippen molar-refractivity contribution in [3.05, 3.63) is 69.8 Å². The van der Waals surface area contributed by atoms with Crippen LogP contribution in [0.4, 0.5) is 16.2 Å². The van der Waals surface area contributed by atoms with Crippen molar-refractivity contribution >= 4 is 17.4 Å². The predicted octanol–water partition coefficient (Wildman–Crippen LogP) is 4.74. The molecule has 2 aromatic carbocycles. The molecule has 0 aliphatic heterocycles. The highest BCUT2D eigenvalue weighted by atomic mass is 16.6. The third-order valence-electron chi connectivity index (χ3n) is 3.88. The molecule has 6 nitrogen and oxygen atoms in total. The first-order chi connectivity index (χ1) is 12.0. The lowest BCUT2D eigenvalue weighted by Crippen LogP contribution is -2.35. The topological polar surface area (TPSA) is 75.5 Å².